The van der Waals surface area contributed by atoms with Crippen LogP contribution in [-0.4, -0.2) is 47.9 Å². The number of carbonyl (C=O) groups excluding carboxylic acids is 2. The molecule has 1 unspecified atom stereocenters. The minimum absolute atomic E-state index is 0.131. The lowest BCUT2D eigenvalue weighted by atomic mass is 9.95. The van der Waals surface area contributed by atoms with Crippen LogP contribution < -0.4 is 9.64 Å². The van der Waals surface area contributed by atoms with Crippen molar-refractivity contribution in [1.82, 2.24) is 4.90 Å². The van der Waals surface area contributed by atoms with Crippen LogP contribution in [-0.2, 0) is 9.59 Å². The van der Waals surface area contributed by atoms with Crippen LogP contribution in [0, 0.1) is 0 Å². The van der Waals surface area contributed by atoms with E-state index in [0.717, 1.165) is 30.8 Å². The highest BCUT2D eigenvalue weighted by molar-refractivity contribution is 6.46. The fourth-order valence-electron chi connectivity index (χ4n) is 4.24. The van der Waals surface area contributed by atoms with Crippen LogP contribution in [0.3, 0.4) is 0 Å². The first-order valence-electron chi connectivity index (χ1n) is 11.8. The molecule has 1 atom stereocenters. The number of ether oxygens (including phenoxy) is 1. The Bertz CT molecular complexity index is 992. The second-order valence-electron chi connectivity index (χ2n) is 8.13. The van der Waals surface area contributed by atoms with Crippen molar-refractivity contribution in [3.8, 4) is 5.75 Å². The fourth-order valence-corrected chi connectivity index (χ4v) is 4.24. The topological polar surface area (TPSA) is 70.1 Å². The number of carbonyl (C=O) groups is 2. The highest BCUT2D eigenvalue weighted by Crippen LogP contribution is 2.40. The lowest BCUT2D eigenvalue weighted by molar-refractivity contribution is -0.139. The van der Waals surface area contributed by atoms with Crippen molar-refractivity contribution in [2.24, 2.45) is 0 Å². The van der Waals surface area contributed by atoms with Crippen LogP contribution in [0.1, 0.15) is 57.7 Å². The number of hydrogen-bond acceptors (Lipinski definition) is 5. The molecule has 2 aromatic carbocycles. The van der Waals surface area contributed by atoms with Gasteiger partial charge in [0.1, 0.15) is 11.5 Å². The van der Waals surface area contributed by atoms with Crippen LogP contribution in [0.5, 0.6) is 5.75 Å². The maximum Gasteiger partial charge on any atom is 0.295 e. The zero-order valence-electron chi connectivity index (χ0n) is 20.0. The normalized spacial score (nSPS) is 17.5. The number of aliphatic hydroxyl groups is 1. The van der Waals surface area contributed by atoms with Crippen molar-refractivity contribution >= 4 is 23.1 Å². The van der Waals surface area contributed by atoms with E-state index in [1.54, 1.807) is 29.2 Å². The summed E-state index contributed by atoms with van der Waals surface area (Å²) in [6.07, 6.45) is 1.61. The van der Waals surface area contributed by atoms with E-state index in [2.05, 4.69) is 18.7 Å². The monoisotopic (exact) mass is 450 g/mol. The van der Waals surface area contributed by atoms with Gasteiger partial charge >= 0.3 is 0 Å². The molecule has 0 aromatic heterocycles. The molecule has 0 bridgehead atoms. The summed E-state index contributed by atoms with van der Waals surface area (Å²) in [4.78, 5) is 29.7. The van der Waals surface area contributed by atoms with Gasteiger partial charge in [0.15, 0.2) is 0 Å². The Labute approximate surface area is 196 Å². The molecule has 0 aliphatic carbocycles. The molecule has 1 saturated heterocycles. The van der Waals surface area contributed by atoms with Crippen LogP contribution in [0.25, 0.3) is 5.76 Å². The zero-order valence-corrected chi connectivity index (χ0v) is 20.0. The maximum absolute atomic E-state index is 13.0. The summed E-state index contributed by atoms with van der Waals surface area (Å²) in [5.41, 5.74) is 2.51. The smallest absolute Gasteiger partial charge is 0.295 e. The number of amides is 1. The van der Waals surface area contributed by atoms with Crippen molar-refractivity contribution in [3.63, 3.8) is 0 Å². The summed E-state index contributed by atoms with van der Waals surface area (Å²) in [5.74, 6) is -0.681. The number of ketones is 1. The van der Waals surface area contributed by atoms with E-state index in [9.17, 15) is 14.7 Å². The molecule has 1 heterocycles. The molecule has 1 amide bonds. The van der Waals surface area contributed by atoms with Gasteiger partial charge in [-0.15, -0.1) is 0 Å². The van der Waals surface area contributed by atoms with Crippen molar-refractivity contribution in [1.29, 1.82) is 0 Å². The highest BCUT2D eigenvalue weighted by atomic mass is 16.5. The third kappa shape index (κ3) is 5.05. The largest absolute Gasteiger partial charge is 0.507 e. The number of rotatable bonds is 10. The molecule has 1 aliphatic rings. The fraction of sp³-hybridized carbons (Fsp3) is 0.407. The van der Waals surface area contributed by atoms with Crippen LogP contribution in [0.15, 0.2) is 54.1 Å². The lowest BCUT2D eigenvalue weighted by Crippen LogP contribution is -2.30. The minimum atomic E-state index is -0.648. The molecule has 176 valence electrons. The molecule has 0 saturated carbocycles. The van der Waals surface area contributed by atoms with Crippen LogP contribution >= 0.6 is 0 Å². The number of nitrogens with zero attached hydrogens (tertiary/aromatic N) is 2. The van der Waals surface area contributed by atoms with Gasteiger partial charge in [0, 0.05) is 30.9 Å². The predicted octanol–water partition coefficient (Wildman–Crippen LogP) is 5.15. The molecule has 2 aromatic rings. The second kappa shape index (κ2) is 11.0. The number of aliphatic hydroxyl groups excluding tert-OH is 1. The van der Waals surface area contributed by atoms with Crippen molar-refractivity contribution in [2.75, 3.05) is 31.1 Å². The Morgan fingerprint density at radius 2 is 1.58 bits per heavy atom. The van der Waals surface area contributed by atoms with Crippen molar-refractivity contribution in [2.45, 2.75) is 46.6 Å². The van der Waals surface area contributed by atoms with Crippen molar-refractivity contribution < 1.29 is 19.4 Å². The first-order valence-corrected chi connectivity index (χ1v) is 11.8. The van der Waals surface area contributed by atoms with Crippen molar-refractivity contribution in [3.05, 3.63) is 65.2 Å². The summed E-state index contributed by atoms with van der Waals surface area (Å²) in [6, 6.07) is 14.3. The van der Waals surface area contributed by atoms with Gasteiger partial charge in [-0.25, -0.2) is 0 Å². The summed E-state index contributed by atoms with van der Waals surface area (Å²) in [6.45, 7) is 11.0. The Morgan fingerprint density at radius 1 is 0.939 bits per heavy atom. The van der Waals surface area contributed by atoms with Gasteiger partial charge in [-0.05, 0) is 68.7 Å². The molecule has 3 rings (SSSR count). The van der Waals surface area contributed by atoms with E-state index >= 15 is 0 Å². The molecule has 1 fully saturated rings. The van der Waals surface area contributed by atoms with Gasteiger partial charge < -0.3 is 19.6 Å². The Balaban J connectivity index is 2.04. The molecule has 0 spiro atoms. The van der Waals surface area contributed by atoms with Gasteiger partial charge in [-0.1, -0.05) is 26.0 Å². The third-order valence-corrected chi connectivity index (χ3v) is 5.94. The molecule has 6 nitrogen and oxygen atoms in total. The Hall–Kier alpha value is -3.28. The summed E-state index contributed by atoms with van der Waals surface area (Å²) in [5, 5.41) is 11.1. The predicted molar refractivity (Wildman–Crippen MR) is 132 cm³/mol. The van der Waals surface area contributed by atoms with E-state index in [-0.39, 0.29) is 11.3 Å². The van der Waals surface area contributed by atoms with E-state index in [1.165, 1.54) is 0 Å². The number of anilines is 1. The standard InChI is InChI=1S/C27H34N2O4/c1-5-17-29-24(19-9-13-21(14-10-19)28(7-3)8-4)23(26(31)27(29)32)25(30)20-11-15-22(16-12-20)33-18-6-2/h9-16,24,30H,5-8,17-18H2,1-4H3/b25-23-. The van der Waals surface area contributed by atoms with E-state index in [1.807, 2.05) is 38.1 Å². The molecule has 33 heavy (non-hydrogen) atoms. The zero-order chi connectivity index (χ0) is 24.0. The van der Waals surface area contributed by atoms with Gasteiger partial charge in [0.25, 0.3) is 11.7 Å². The lowest BCUT2D eigenvalue weighted by Gasteiger charge is -2.26. The summed E-state index contributed by atoms with van der Waals surface area (Å²) in [7, 11) is 0. The Morgan fingerprint density at radius 3 is 2.12 bits per heavy atom. The van der Waals surface area contributed by atoms with Gasteiger partial charge in [-0.3, -0.25) is 9.59 Å². The van der Waals surface area contributed by atoms with E-state index < -0.39 is 17.7 Å². The number of likely N-dealkylation sites (tertiary alicyclic amines) is 1. The molecule has 1 aliphatic heterocycles. The average molecular weight is 451 g/mol. The highest BCUT2D eigenvalue weighted by Gasteiger charge is 2.45. The number of benzene rings is 2. The second-order valence-corrected chi connectivity index (χ2v) is 8.13. The van der Waals surface area contributed by atoms with Gasteiger partial charge in [-0.2, -0.15) is 0 Å². The summed E-state index contributed by atoms with van der Waals surface area (Å²) >= 11 is 0. The van der Waals surface area contributed by atoms with Gasteiger partial charge in [0.05, 0.1) is 18.2 Å². The minimum Gasteiger partial charge on any atom is -0.507 e. The molecule has 1 N–H and O–H groups in total. The third-order valence-electron chi connectivity index (χ3n) is 5.94. The first-order chi connectivity index (χ1) is 16.0. The molecule has 0 radical (unpaired) electrons. The van der Waals surface area contributed by atoms with Gasteiger partial charge in [0.2, 0.25) is 0 Å². The molecule has 6 heteroatoms. The summed E-state index contributed by atoms with van der Waals surface area (Å²) < 4.78 is 5.61. The molecular formula is C27H34N2O4. The van der Waals surface area contributed by atoms with Crippen LogP contribution in [0.2, 0.25) is 0 Å². The average Bonchev–Trinajstić information content (AvgIpc) is 3.09. The number of Topliss-reactive ketones (excluding diaryl/α,β-unsaturated/α-hetero) is 1. The SMILES string of the molecule is CCCOc1ccc(/C(O)=C2/C(=O)C(=O)N(CCC)C2c2ccc(N(CC)CC)cc2)cc1. The maximum atomic E-state index is 13.0. The molecular weight excluding hydrogens is 416 g/mol. The van der Waals surface area contributed by atoms with Crippen LogP contribution in [0.4, 0.5) is 5.69 Å². The Kier molecular flexibility index (Phi) is 8.15. The number of hydrogen-bond donors (Lipinski definition) is 1. The first kappa shape index (κ1) is 24.4. The quantitative estimate of drug-likeness (QED) is 0.308. The van der Waals surface area contributed by atoms with E-state index in [0.29, 0.717) is 30.9 Å². The van der Waals surface area contributed by atoms with E-state index in [4.69, 9.17) is 4.74 Å².